The van der Waals surface area contributed by atoms with Gasteiger partial charge in [-0.1, -0.05) is 107 Å². The molecule has 4 aromatic carbocycles. The van der Waals surface area contributed by atoms with E-state index in [2.05, 4.69) is 130 Å². The van der Waals surface area contributed by atoms with Gasteiger partial charge in [0.1, 0.15) is 0 Å². The van der Waals surface area contributed by atoms with E-state index >= 15 is 0 Å². The first-order valence-electron chi connectivity index (χ1n) is 12.0. The van der Waals surface area contributed by atoms with Gasteiger partial charge in [-0.25, -0.2) is 0 Å². The zero-order chi connectivity index (χ0) is 23.1. The summed E-state index contributed by atoms with van der Waals surface area (Å²) in [6.45, 7) is 9.55. The van der Waals surface area contributed by atoms with Crippen molar-refractivity contribution >= 4 is 11.4 Å². The first-order chi connectivity index (χ1) is 15.8. The molecule has 4 aromatic rings. The standard InChI is InChI=1S/C32H33N/c1-31(2)19-20-32(3,4)29-22-25(17-18-28(29)31)24-13-10-14-26(21-24)33-30-16-9-8-15-27(30)23-11-6-5-7-12-23/h5-18,21-22,33H,19-20H2,1-4H3. The number of fused-ring (bicyclic) bond motifs is 1. The van der Waals surface area contributed by atoms with Crippen molar-refractivity contribution in [3.63, 3.8) is 0 Å². The summed E-state index contributed by atoms with van der Waals surface area (Å²) in [6, 6.07) is 35.0. The molecule has 0 fully saturated rings. The molecule has 1 nitrogen and oxygen atoms in total. The zero-order valence-electron chi connectivity index (χ0n) is 20.2. The SMILES string of the molecule is CC1(C)CCC(C)(C)c2cc(-c3cccc(Nc4ccccc4-c4ccccc4)c3)ccc21. The Morgan fingerprint density at radius 2 is 1.18 bits per heavy atom. The van der Waals surface area contributed by atoms with Gasteiger partial charge >= 0.3 is 0 Å². The van der Waals surface area contributed by atoms with Crippen LogP contribution in [-0.4, -0.2) is 0 Å². The molecule has 5 rings (SSSR count). The van der Waals surface area contributed by atoms with Crippen molar-refractivity contribution in [3.8, 4) is 22.3 Å². The Labute approximate surface area is 198 Å². The molecule has 0 unspecified atom stereocenters. The molecule has 0 amide bonds. The molecule has 1 aliphatic rings. The van der Waals surface area contributed by atoms with Gasteiger partial charge in [-0.2, -0.15) is 0 Å². The molecular weight excluding hydrogens is 398 g/mol. The Hall–Kier alpha value is -3.32. The van der Waals surface area contributed by atoms with Crippen LogP contribution in [0.25, 0.3) is 22.3 Å². The lowest BCUT2D eigenvalue weighted by Crippen LogP contribution is -2.33. The molecule has 0 saturated carbocycles. The van der Waals surface area contributed by atoms with E-state index < -0.39 is 0 Å². The lowest BCUT2D eigenvalue weighted by Gasteiger charge is -2.42. The number of rotatable bonds is 4. The average Bonchev–Trinajstić information content (AvgIpc) is 2.83. The number of para-hydroxylation sites is 1. The smallest absolute Gasteiger partial charge is 0.0463 e. The maximum Gasteiger partial charge on any atom is 0.0463 e. The molecule has 0 bridgehead atoms. The number of hydrogen-bond acceptors (Lipinski definition) is 1. The molecule has 0 atom stereocenters. The summed E-state index contributed by atoms with van der Waals surface area (Å²) in [4.78, 5) is 0. The van der Waals surface area contributed by atoms with Crippen LogP contribution >= 0.6 is 0 Å². The fourth-order valence-corrected chi connectivity index (χ4v) is 5.16. The van der Waals surface area contributed by atoms with Gasteiger partial charge in [0.25, 0.3) is 0 Å². The number of hydrogen-bond donors (Lipinski definition) is 1. The van der Waals surface area contributed by atoms with Crippen molar-refractivity contribution in [2.75, 3.05) is 5.32 Å². The Morgan fingerprint density at radius 1 is 0.545 bits per heavy atom. The summed E-state index contributed by atoms with van der Waals surface area (Å²) < 4.78 is 0. The largest absolute Gasteiger partial charge is 0.355 e. The first-order valence-corrected chi connectivity index (χ1v) is 12.0. The second-order valence-electron chi connectivity index (χ2n) is 10.6. The first kappa shape index (κ1) is 21.5. The van der Waals surface area contributed by atoms with Gasteiger partial charge in [-0.3, -0.25) is 0 Å². The lowest BCUT2D eigenvalue weighted by molar-refractivity contribution is 0.332. The molecule has 0 aromatic heterocycles. The third-order valence-electron chi connectivity index (χ3n) is 7.34. The quantitative estimate of drug-likeness (QED) is 0.340. The molecule has 166 valence electrons. The van der Waals surface area contributed by atoms with E-state index in [1.807, 2.05) is 0 Å². The molecule has 33 heavy (non-hydrogen) atoms. The summed E-state index contributed by atoms with van der Waals surface area (Å²) in [5.74, 6) is 0. The zero-order valence-corrected chi connectivity index (χ0v) is 20.2. The van der Waals surface area contributed by atoms with Crippen LogP contribution in [0.1, 0.15) is 51.7 Å². The summed E-state index contributed by atoms with van der Waals surface area (Å²) in [6.07, 6.45) is 2.47. The van der Waals surface area contributed by atoms with Crippen LogP contribution in [0.4, 0.5) is 11.4 Å². The highest BCUT2D eigenvalue weighted by atomic mass is 14.9. The second-order valence-corrected chi connectivity index (χ2v) is 10.6. The van der Waals surface area contributed by atoms with Crippen molar-refractivity contribution in [2.24, 2.45) is 0 Å². The van der Waals surface area contributed by atoms with E-state index in [9.17, 15) is 0 Å². The molecule has 1 heteroatoms. The minimum absolute atomic E-state index is 0.214. The summed E-state index contributed by atoms with van der Waals surface area (Å²) in [5, 5.41) is 3.67. The van der Waals surface area contributed by atoms with E-state index in [4.69, 9.17) is 0 Å². The van der Waals surface area contributed by atoms with Crippen molar-refractivity contribution in [3.05, 3.63) is 108 Å². The highest BCUT2D eigenvalue weighted by molar-refractivity contribution is 5.82. The van der Waals surface area contributed by atoms with Crippen LogP contribution in [0.15, 0.2) is 97.1 Å². The van der Waals surface area contributed by atoms with Crippen molar-refractivity contribution in [1.82, 2.24) is 0 Å². The second kappa shape index (κ2) is 8.23. The minimum atomic E-state index is 0.214. The van der Waals surface area contributed by atoms with Crippen LogP contribution in [0.2, 0.25) is 0 Å². The minimum Gasteiger partial charge on any atom is -0.355 e. The van der Waals surface area contributed by atoms with E-state index in [1.165, 1.54) is 46.2 Å². The van der Waals surface area contributed by atoms with Crippen molar-refractivity contribution in [1.29, 1.82) is 0 Å². The third kappa shape index (κ3) is 4.20. The Kier molecular flexibility index (Phi) is 5.37. The maximum absolute atomic E-state index is 3.67. The molecule has 0 saturated heterocycles. The molecule has 0 aliphatic heterocycles. The molecular formula is C32H33N. The van der Waals surface area contributed by atoms with Gasteiger partial charge in [0.05, 0.1) is 0 Å². The van der Waals surface area contributed by atoms with Gasteiger partial charge in [0, 0.05) is 16.9 Å². The van der Waals surface area contributed by atoms with Crippen molar-refractivity contribution < 1.29 is 0 Å². The Morgan fingerprint density at radius 3 is 1.97 bits per heavy atom. The highest BCUT2D eigenvalue weighted by Crippen LogP contribution is 2.47. The molecule has 0 radical (unpaired) electrons. The average molecular weight is 432 g/mol. The lowest BCUT2D eigenvalue weighted by atomic mass is 9.63. The molecule has 0 heterocycles. The Balaban J connectivity index is 1.50. The normalized spacial score (nSPS) is 16.1. The molecule has 1 N–H and O–H groups in total. The van der Waals surface area contributed by atoms with Gasteiger partial charge < -0.3 is 5.32 Å². The number of nitrogens with one attached hydrogen (secondary N) is 1. The van der Waals surface area contributed by atoms with Crippen molar-refractivity contribution in [2.45, 2.75) is 51.4 Å². The highest BCUT2D eigenvalue weighted by Gasteiger charge is 2.36. The maximum atomic E-state index is 3.67. The van der Waals surface area contributed by atoms with E-state index in [-0.39, 0.29) is 10.8 Å². The third-order valence-corrected chi connectivity index (χ3v) is 7.34. The van der Waals surface area contributed by atoms with Gasteiger partial charge in [-0.15, -0.1) is 0 Å². The topological polar surface area (TPSA) is 12.0 Å². The number of benzene rings is 4. The van der Waals surface area contributed by atoms with Crippen LogP contribution in [-0.2, 0) is 10.8 Å². The van der Waals surface area contributed by atoms with Crippen LogP contribution in [0.3, 0.4) is 0 Å². The molecule has 0 spiro atoms. The fourth-order valence-electron chi connectivity index (χ4n) is 5.16. The fraction of sp³-hybridized carbons (Fsp3) is 0.250. The van der Waals surface area contributed by atoms with Gasteiger partial charge in [-0.05, 0) is 69.7 Å². The predicted molar refractivity (Wildman–Crippen MR) is 142 cm³/mol. The predicted octanol–water partition coefficient (Wildman–Crippen LogP) is 9.11. The van der Waals surface area contributed by atoms with Crippen LogP contribution in [0, 0.1) is 0 Å². The van der Waals surface area contributed by atoms with Gasteiger partial charge in [0.2, 0.25) is 0 Å². The Bertz CT molecular complexity index is 1280. The van der Waals surface area contributed by atoms with Gasteiger partial charge in [0.15, 0.2) is 0 Å². The van der Waals surface area contributed by atoms with E-state index in [0.717, 1.165) is 11.4 Å². The van der Waals surface area contributed by atoms with Crippen LogP contribution in [0.5, 0.6) is 0 Å². The van der Waals surface area contributed by atoms with E-state index in [0.29, 0.717) is 0 Å². The number of anilines is 2. The summed E-state index contributed by atoms with van der Waals surface area (Å²) in [7, 11) is 0. The van der Waals surface area contributed by atoms with E-state index in [1.54, 1.807) is 0 Å². The summed E-state index contributed by atoms with van der Waals surface area (Å²) in [5.41, 5.74) is 10.7. The monoisotopic (exact) mass is 431 g/mol. The summed E-state index contributed by atoms with van der Waals surface area (Å²) >= 11 is 0. The molecule has 1 aliphatic carbocycles. The van der Waals surface area contributed by atoms with Crippen LogP contribution < -0.4 is 5.32 Å².